The molecule has 3 aromatic carbocycles. The van der Waals surface area contributed by atoms with Crippen molar-refractivity contribution in [3.63, 3.8) is 0 Å². The standard InChI is InChI=1S/C45H56F2N6O7SSi/c1-10-23-61-42-48-39(52(43(55)60-44(2,3)4)33-25-30(33)27-21-22-31(46)32(47)24-27)35-40(49-42)53(51-50-35)36-34(59-38(37(36)54)41(56-8)57-9)26-58-62(45(5,6)7,28-17-13-11-14-18-28)29-19-15-12-16-20-29/h11-22,24,30,33-34,36-38,41,54H,10,23,25-26H2,1-9H3/t30-,33+,34-,36-,37+,38+/m0/s1. The zero-order valence-electron chi connectivity index (χ0n) is 36.6. The minimum absolute atomic E-state index is 0.0322. The molecule has 2 aromatic heterocycles. The average molecular weight is 891 g/mol. The van der Waals surface area contributed by atoms with Gasteiger partial charge in [-0.05, 0) is 66.7 Å². The largest absolute Gasteiger partial charge is 0.443 e. The molecule has 1 saturated heterocycles. The normalized spacial score (nSPS) is 21.8. The maximum atomic E-state index is 14.5. The molecule has 1 saturated carbocycles. The molecule has 1 aliphatic heterocycles. The van der Waals surface area contributed by atoms with Gasteiger partial charge in [-0.1, -0.05) is 111 Å². The third-order valence-electron chi connectivity index (χ3n) is 11.3. The van der Waals surface area contributed by atoms with Crippen LogP contribution in [0.1, 0.15) is 78.8 Å². The molecule has 0 radical (unpaired) electrons. The van der Waals surface area contributed by atoms with Crippen molar-refractivity contribution < 1.29 is 42.1 Å². The molecule has 17 heteroatoms. The summed E-state index contributed by atoms with van der Waals surface area (Å²) in [6.07, 6.45) is -3.48. The Morgan fingerprint density at radius 2 is 1.61 bits per heavy atom. The predicted molar refractivity (Wildman–Crippen MR) is 235 cm³/mol. The van der Waals surface area contributed by atoms with E-state index in [0.29, 0.717) is 22.9 Å². The van der Waals surface area contributed by atoms with E-state index in [1.54, 1.807) is 20.8 Å². The molecule has 0 unspecified atom stereocenters. The Kier molecular flexibility index (Phi) is 13.5. The summed E-state index contributed by atoms with van der Waals surface area (Å²) in [6.45, 7) is 13.9. The van der Waals surface area contributed by atoms with Crippen molar-refractivity contribution in [1.82, 2.24) is 25.0 Å². The second kappa shape index (κ2) is 18.4. The number of thioether (sulfide) groups is 1. The summed E-state index contributed by atoms with van der Waals surface area (Å²) >= 11 is 1.39. The molecule has 0 bridgehead atoms. The van der Waals surface area contributed by atoms with Crippen molar-refractivity contribution in [3.8, 4) is 0 Å². The maximum Gasteiger partial charge on any atom is 0.416 e. The smallest absolute Gasteiger partial charge is 0.416 e. The summed E-state index contributed by atoms with van der Waals surface area (Å²) in [7, 11) is -0.149. The number of rotatable bonds is 15. The minimum atomic E-state index is -3.10. The number of amides is 1. The van der Waals surface area contributed by atoms with Gasteiger partial charge in [0.1, 0.15) is 30.0 Å². The molecule has 13 nitrogen and oxygen atoms in total. The Bertz CT molecular complexity index is 2290. The van der Waals surface area contributed by atoms with Gasteiger partial charge in [0.05, 0.1) is 6.61 Å². The lowest BCUT2D eigenvalue weighted by Gasteiger charge is -2.43. The quantitative estimate of drug-likeness (QED) is 0.0493. The lowest BCUT2D eigenvalue weighted by Crippen LogP contribution is -2.67. The highest BCUT2D eigenvalue weighted by Gasteiger charge is 2.55. The van der Waals surface area contributed by atoms with E-state index in [4.69, 9.17) is 33.3 Å². The van der Waals surface area contributed by atoms with Gasteiger partial charge in [0, 0.05) is 31.9 Å². The third kappa shape index (κ3) is 9.03. The molecule has 0 spiro atoms. The van der Waals surface area contributed by atoms with Crippen molar-refractivity contribution in [2.75, 3.05) is 31.5 Å². The number of benzene rings is 3. The third-order valence-corrected chi connectivity index (χ3v) is 17.4. The number of nitrogens with zero attached hydrogens (tertiary/aromatic N) is 6. The van der Waals surface area contributed by atoms with Gasteiger partial charge in [-0.3, -0.25) is 4.90 Å². The summed E-state index contributed by atoms with van der Waals surface area (Å²) in [5.74, 6) is -1.48. The van der Waals surface area contributed by atoms with Gasteiger partial charge in [-0.2, -0.15) is 0 Å². The fourth-order valence-electron chi connectivity index (χ4n) is 8.46. The van der Waals surface area contributed by atoms with Crippen LogP contribution in [0.3, 0.4) is 0 Å². The zero-order valence-corrected chi connectivity index (χ0v) is 38.4. The number of carbonyl (C=O) groups is 1. The van der Waals surface area contributed by atoms with Gasteiger partial charge >= 0.3 is 6.09 Å². The van der Waals surface area contributed by atoms with Crippen LogP contribution < -0.4 is 15.3 Å². The van der Waals surface area contributed by atoms with Crippen molar-refractivity contribution in [2.45, 2.75) is 120 Å². The molecule has 5 aromatic rings. The summed E-state index contributed by atoms with van der Waals surface area (Å²) in [6, 6.07) is 22.7. The van der Waals surface area contributed by atoms with Crippen LogP contribution in [0.2, 0.25) is 5.04 Å². The minimum Gasteiger partial charge on any atom is -0.443 e. The highest BCUT2D eigenvalue weighted by atomic mass is 32.2. The molecule has 7 rings (SSSR count). The van der Waals surface area contributed by atoms with Crippen LogP contribution >= 0.6 is 11.8 Å². The van der Waals surface area contributed by atoms with Gasteiger partial charge in [-0.15, -0.1) is 5.10 Å². The predicted octanol–water partition coefficient (Wildman–Crippen LogP) is 7.16. The number of carbonyl (C=O) groups excluding carboxylic acids is 1. The number of fused-ring (bicyclic) bond motifs is 1. The molecule has 1 N–H and O–H groups in total. The topological polar surface area (TPSA) is 143 Å². The van der Waals surface area contributed by atoms with Crippen LogP contribution in [0.25, 0.3) is 11.2 Å². The Morgan fingerprint density at radius 1 is 0.968 bits per heavy atom. The molecule has 2 aliphatic rings. The number of hydrogen-bond acceptors (Lipinski definition) is 12. The fraction of sp³-hybridized carbons (Fsp3) is 0.489. The molecule has 1 aliphatic carbocycles. The van der Waals surface area contributed by atoms with Crippen LogP contribution in [-0.4, -0.2) is 107 Å². The lowest BCUT2D eigenvalue weighted by atomic mass is 10.0. The van der Waals surface area contributed by atoms with E-state index in [0.717, 1.165) is 28.9 Å². The molecule has 3 heterocycles. The van der Waals surface area contributed by atoms with Crippen molar-refractivity contribution in [1.29, 1.82) is 0 Å². The van der Waals surface area contributed by atoms with Gasteiger partial charge in [0.15, 0.2) is 40.1 Å². The first-order chi connectivity index (χ1) is 29.5. The van der Waals surface area contributed by atoms with Crippen LogP contribution in [-0.2, 0) is 23.4 Å². The van der Waals surface area contributed by atoms with Crippen LogP contribution in [0.4, 0.5) is 19.4 Å². The van der Waals surface area contributed by atoms with Crippen LogP contribution in [0, 0.1) is 11.6 Å². The van der Waals surface area contributed by atoms with E-state index in [2.05, 4.69) is 55.3 Å². The first-order valence-electron chi connectivity index (χ1n) is 20.9. The second-order valence-electron chi connectivity index (χ2n) is 17.8. The van der Waals surface area contributed by atoms with E-state index in [-0.39, 0.29) is 34.5 Å². The SMILES string of the molecule is CCCSc1nc(N(C(=O)OC(C)(C)C)[C@@H]2C[C@H]2c2ccc(F)c(F)c2)c2nnn([C@@H]3[C@@H](O)[C@H](C(OC)OC)O[C@H]3CO[Si](c3ccccc3)(c3ccccc3)C(C)(C)C)c2n1. The summed E-state index contributed by atoms with van der Waals surface area (Å²) in [4.78, 5) is 25.6. The molecular formula is C45H56F2N6O7SSi. The van der Waals surface area contributed by atoms with Gasteiger partial charge in [-0.25, -0.2) is 28.2 Å². The van der Waals surface area contributed by atoms with Crippen LogP contribution in [0.5, 0.6) is 0 Å². The number of aliphatic hydroxyl groups is 1. The molecule has 332 valence electrons. The monoisotopic (exact) mass is 890 g/mol. The Labute approximate surface area is 366 Å². The lowest BCUT2D eigenvalue weighted by molar-refractivity contribution is -0.193. The van der Waals surface area contributed by atoms with Crippen molar-refractivity contribution in [2.24, 2.45) is 0 Å². The Balaban J connectivity index is 1.36. The highest BCUT2D eigenvalue weighted by molar-refractivity contribution is 7.99. The van der Waals surface area contributed by atoms with E-state index in [1.807, 2.05) is 43.3 Å². The first kappa shape index (κ1) is 45.7. The van der Waals surface area contributed by atoms with E-state index in [1.165, 1.54) is 41.6 Å². The van der Waals surface area contributed by atoms with Crippen molar-refractivity contribution >= 4 is 53.5 Å². The number of methoxy groups -OCH3 is 2. The fourth-order valence-corrected chi connectivity index (χ4v) is 13.7. The van der Waals surface area contributed by atoms with E-state index < -0.39 is 68.3 Å². The second-order valence-corrected chi connectivity index (χ2v) is 23.1. The zero-order chi connectivity index (χ0) is 44.6. The number of hydrogen-bond donors (Lipinski definition) is 1. The van der Waals surface area contributed by atoms with Gasteiger partial charge < -0.3 is 28.5 Å². The first-order valence-corrected chi connectivity index (χ1v) is 23.8. The van der Waals surface area contributed by atoms with Gasteiger partial charge in [0.2, 0.25) is 0 Å². The summed E-state index contributed by atoms with van der Waals surface area (Å²) in [5, 5.41) is 23.7. The van der Waals surface area contributed by atoms with Crippen LogP contribution in [0.15, 0.2) is 84.0 Å². The summed E-state index contributed by atoms with van der Waals surface area (Å²) < 4.78 is 61.3. The Hall–Kier alpha value is -4.36. The Morgan fingerprint density at radius 3 is 2.18 bits per heavy atom. The number of anilines is 1. The average Bonchev–Trinajstić information content (AvgIpc) is 3.79. The summed E-state index contributed by atoms with van der Waals surface area (Å²) in [5.41, 5.74) is 0.0551. The van der Waals surface area contributed by atoms with Gasteiger partial charge in [0.25, 0.3) is 8.32 Å². The van der Waals surface area contributed by atoms with E-state index in [9.17, 15) is 18.7 Å². The number of aliphatic hydroxyl groups excluding tert-OH is 1. The number of ether oxygens (including phenoxy) is 4. The highest BCUT2D eigenvalue weighted by Crippen LogP contribution is 2.48. The number of aromatic nitrogens is 5. The number of halogens is 2. The molecule has 2 fully saturated rings. The maximum absolute atomic E-state index is 14.5. The molecule has 6 atom stereocenters. The molecule has 1 amide bonds. The van der Waals surface area contributed by atoms with Crippen molar-refractivity contribution in [3.05, 3.63) is 96.1 Å². The molecular weight excluding hydrogens is 835 g/mol. The molecule has 62 heavy (non-hydrogen) atoms. The van der Waals surface area contributed by atoms with E-state index >= 15 is 0 Å².